The van der Waals surface area contributed by atoms with Crippen LogP contribution < -0.4 is 0 Å². The highest BCUT2D eigenvalue weighted by Crippen LogP contribution is 2.31. The Morgan fingerprint density at radius 1 is 1.72 bits per heavy atom. The van der Waals surface area contributed by atoms with E-state index < -0.39 is 15.3 Å². The Labute approximate surface area is 118 Å². The topological polar surface area (TPSA) is 81.8 Å². The van der Waals surface area contributed by atoms with Gasteiger partial charge in [-0.05, 0) is 12.3 Å². The summed E-state index contributed by atoms with van der Waals surface area (Å²) in [5.74, 6) is -0.0648. The molecule has 1 aliphatic rings. The van der Waals surface area contributed by atoms with Crippen molar-refractivity contribution in [3.63, 3.8) is 0 Å². The van der Waals surface area contributed by atoms with Gasteiger partial charge in [-0.25, -0.2) is 4.79 Å². The number of ether oxygens (including phenoxy) is 1. The normalized spacial score (nSPS) is 19.0. The molecular formula is C10H15BrN2O4S. The Morgan fingerprint density at radius 2 is 2.39 bits per heavy atom. The van der Waals surface area contributed by atoms with Crippen LogP contribution in [0.15, 0.2) is 4.99 Å². The number of alkyl halides is 1. The van der Waals surface area contributed by atoms with Gasteiger partial charge in [-0.3, -0.25) is 15.1 Å². The van der Waals surface area contributed by atoms with E-state index in [4.69, 9.17) is 4.74 Å². The van der Waals surface area contributed by atoms with Gasteiger partial charge in [0.15, 0.2) is 5.04 Å². The fraction of sp³-hybridized carbons (Fsp3) is 0.800. The van der Waals surface area contributed by atoms with E-state index in [2.05, 4.69) is 20.9 Å². The van der Waals surface area contributed by atoms with Crippen molar-refractivity contribution in [1.29, 1.82) is 0 Å². The van der Waals surface area contributed by atoms with Crippen LogP contribution in [-0.2, 0) is 9.53 Å². The number of carbonyl (C=O) groups is 1. The van der Waals surface area contributed by atoms with E-state index in [1.807, 2.05) is 13.8 Å². The molecule has 1 atom stereocenters. The number of carbonyl (C=O) groups excluding carboxylic acids is 1. The number of nitro groups is 1. The van der Waals surface area contributed by atoms with Gasteiger partial charge in [0.25, 0.3) is 0 Å². The lowest BCUT2D eigenvalue weighted by Gasteiger charge is -2.21. The van der Waals surface area contributed by atoms with Crippen LogP contribution in [0, 0.1) is 16.0 Å². The molecule has 0 radical (unpaired) electrons. The SMILES string of the molecule is CC(C)COC(=O)C(Br)(C1=NCCCS1)[N+](=O)[O-]. The van der Waals surface area contributed by atoms with E-state index in [0.29, 0.717) is 6.54 Å². The third-order valence-corrected chi connectivity index (χ3v) is 4.59. The predicted octanol–water partition coefficient (Wildman–Crippen LogP) is 2.09. The number of hydrogen-bond acceptors (Lipinski definition) is 6. The van der Waals surface area contributed by atoms with Crippen LogP contribution >= 0.6 is 27.7 Å². The molecule has 0 saturated heterocycles. The molecule has 1 aliphatic heterocycles. The first-order chi connectivity index (χ1) is 8.39. The van der Waals surface area contributed by atoms with Gasteiger partial charge in [0.2, 0.25) is 0 Å². The van der Waals surface area contributed by atoms with Crippen molar-refractivity contribution in [2.75, 3.05) is 18.9 Å². The van der Waals surface area contributed by atoms with Gasteiger partial charge >= 0.3 is 10.4 Å². The zero-order chi connectivity index (χ0) is 13.8. The molecule has 1 rings (SSSR count). The van der Waals surface area contributed by atoms with Crippen molar-refractivity contribution < 1.29 is 14.5 Å². The summed E-state index contributed by atoms with van der Waals surface area (Å²) in [6.07, 6.45) is 0.857. The van der Waals surface area contributed by atoms with Crippen LogP contribution in [0.3, 0.4) is 0 Å². The first-order valence-electron chi connectivity index (χ1n) is 5.57. The van der Waals surface area contributed by atoms with Crippen LogP contribution in [0.5, 0.6) is 0 Å². The van der Waals surface area contributed by atoms with Gasteiger partial charge in [-0.2, -0.15) is 0 Å². The van der Waals surface area contributed by atoms with Gasteiger partial charge in [0.05, 0.1) is 11.5 Å². The van der Waals surface area contributed by atoms with E-state index >= 15 is 0 Å². The molecule has 0 aromatic heterocycles. The first kappa shape index (κ1) is 15.4. The van der Waals surface area contributed by atoms with Crippen molar-refractivity contribution in [3.05, 3.63) is 10.1 Å². The van der Waals surface area contributed by atoms with Crippen LogP contribution in [0.1, 0.15) is 20.3 Å². The van der Waals surface area contributed by atoms with Gasteiger partial charge in [-0.1, -0.05) is 13.8 Å². The molecule has 0 aromatic rings. The van der Waals surface area contributed by atoms with Crippen molar-refractivity contribution >= 4 is 38.7 Å². The third kappa shape index (κ3) is 3.44. The molecule has 0 bridgehead atoms. The lowest BCUT2D eigenvalue weighted by molar-refractivity contribution is -0.502. The number of rotatable bonds is 5. The number of aliphatic imine (C=N–C) groups is 1. The molecule has 1 heterocycles. The molecule has 6 nitrogen and oxygen atoms in total. The van der Waals surface area contributed by atoms with Gasteiger partial charge < -0.3 is 4.74 Å². The summed E-state index contributed by atoms with van der Waals surface area (Å²) in [5.41, 5.74) is 0. The van der Waals surface area contributed by atoms with Crippen molar-refractivity contribution in [1.82, 2.24) is 0 Å². The van der Waals surface area contributed by atoms with E-state index in [9.17, 15) is 14.9 Å². The van der Waals surface area contributed by atoms with Crippen molar-refractivity contribution in [3.8, 4) is 0 Å². The molecule has 0 saturated carbocycles. The largest absolute Gasteiger partial charge is 0.459 e. The van der Waals surface area contributed by atoms with Gasteiger partial charge in [0, 0.05) is 28.2 Å². The lowest BCUT2D eigenvalue weighted by atomic mass is 10.2. The third-order valence-electron chi connectivity index (χ3n) is 2.15. The molecule has 102 valence electrons. The maximum absolute atomic E-state index is 11.9. The molecular weight excluding hydrogens is 324 g/mol. The zero-order valence-electron chi connectivity index (χ0n) is 10.2. The molecule has 0 spiro atoms. The quantitative estimate of drug-likeness (QED) is 0.252. The summed E-state index contributed by atoms with van der Waals surface area (Å²) < 4.78 is 2.91. The smallest absolute Gasteiger partial charge is 0.415 e. The number of hydrogen-bond donors (Lipinski definition) is 0. The molecule has 0 fully saturated rings. The molecule has 0 aromatic carbocycles. The molecule has 0 N–H and O–H groups in total. The van der Waals surface area contributed by atoms with E-state index in [0.717, 1.165) is 12.2 Å². The Balaban J connectivity index is 2.89. The van der Waals surface area contributed by atoms with Gasteiger partial charge in [0.1, 0.15) is 0 Å². The molecule has 0 aliphatic carbocycles. The maximum Gasteiger partial charge on any atom is 0.415 e. The number of esters is 1. The standard InChI is InChI=1S/C10H15BrN2O4S/c1-7(2)6-17-9(14)10(11,13(15)16)8-12-4-3-5-18-8/h7H,3-6H2,1-2H3. The van der Waals surface area contributed by atoms with E-state index in [1.54, 1.807) is 0 Å². The Morgan fingerprint density at radius 3 is 2.83 bits per heavy atom. The fourth-order valence-electron chi connectivity index (χ4n) is 1.24. The Bertz CT molecular complexity index is 375. The molecule has 1 unspecified atom stereocenters. The van der Waals surface area contributed by atoms with Crippen LogP contribution in [0.25, 0.3) is 0 Å². The summed E-state index contributed by atoms with van der Waals surface area (Å²) in [5, 5.41) is 11.3. The maximum atomic E-state index is 11.9. The minimum atomic E-state index is -2.05. The molecule has 8 heteroatoms. The van der Waals surface area contributed by atoms with Gasteiger partial charge in [-0.15, -0.1) is 11.8 Å². The van der Waals surface area contributed by atoms with E-state index in [-0.39, 0.29) is 17.6 Å². The van der Waals surface area contributed by atoms with Crippen LogP contribution in [0.2, 0.25) is 0 Å². The second-order valence-corrected chi connectivity index (χ2v) is 6.49. The Hall–Kier alpha value is -0.630. The lowest BCUT2D eigenvalue weighted by Crippen LogP contribution is -2.48. The average molecular weight is 339 g/mol. The van der Waals surface area contributed by atoms with E-state index in [1.165, 1.54) is 11.8 Å². The number of thioether (sulfide) groups is 1. The average Bonchev–Trinajstić information content (AvgIpc) is 2.35. The minimum Gasteiger partial charge on any atom is -0.459 e. The van der Waals surface area contributed by atoms with Crippen LogP contribution in [0.4, 0.5) is 0 Å². The highest BCUT2D eigenvalue weighted by Gasteiger charge is 2.56. The fourth-order valence-corrected chi connectivity index (χ4v) is 2.82. The number of nitrogens with zero attached hydrogens (tertiary/aromatic N) is 2. The summed E-state index contributed by atoms with van der Waals surface area (Å²) in [4.78, 5) is 26.4. The minimum absolute atomic E-state index is 0.124. The zero-order valence-corrected chi connectivity index (χ0v) is 12.6. The summed E-state index contributed by atoms with van der Waals surface area (Å²) in [6.45, 7) is 4.38. The highest BCUT2D eigenvalue weighted by molar-refractivity contribution is 9.10. The van der Waals surface area contributed by atoms with Crippen molar-refractivity contribution in [2.24, 2.45) is 10.9 Å². The summed E-state index contributed by atoms with van der Waals surface area (Å²) in [7, 11) is 0. The summed E-state index contributed by atoms with van der Waals surface area (Å²) in [6, 6.07) is 0. The molecule has 18 heavy (non-hydrogen) atoms. The second-order valence-electron chi connectivity index (χ2n) is 4.26. The second kappa shape index (κ2) is 6.51. The highest BCUT2D eigenvalue weighted by atomic mass is 79.9. The molecule has 0 amide bonds. The van der Waals surface area contributed by atoms with Crippen LogP contribution in [-0.4, -0.2) is 39.3 Å². The predicted molar refractivity (Wildman–Crippen MR) is 73.8 cm³/mol. The monoisotopic (exact) mass is 338 g/mol. The number of halogens is 1. The summed E-state index contributed by atoms with van der Waals surface area (Å²) >= 11 is 4.12. The Kier molecular flexibility index (Phi) is 5.58. The van der Waals surface area contributed by atoms with Crippen molar-refractivity contribution in [2.45, 2.75) is 24.7 Å². The first-order valence-corrected chi connectivity index (χ1v) is 7.35.